The van der Waals surface area contributed by atoms with Crippen molar-refractivity contribution >= 4 is 80.9 Å². The smallest absolute Gasteiger partial charge is 0.0540 e. The lowest BCUT2D eigenvalue weighted by Gasteiger charge is -2.27. The van der Waals surface area contributed by atoms with Gasteiger partial charge in [0.15, 0.2) is 0 Å². The molecule has 0 aliphatic heterocycles. The maximum Gasteiger partial charge on any atom is 0.0540 e. The van der Waals surface area contributed by atoms with E-state index in [4.69, 9.17) is 0 Å². The van der Waals surface area contributed by atoms with Crippen molar-refractivity contribution in [2.24, 2.45) is 0 Å². The van der Waals surface area contributed by atoms with Crippen LogP contribution in [0.5, 0.6) is 0 Å². The van der Waals surface area contributed by atoms with Gasteiger partial charge in [0.2, 0.25) is 0 Å². The topological polar surface area (TPSA) is 3.24 Å². The highest BCUT2D eigenvalue weighted by atomic mass is 32.1. The quantitative estimate of drug-likeness (QED) is 0.165. The maximum atomic E-state index is 2.40. The molecule has 0 unspecified atom stereocenters. The zero-order valence-corrected chi connectivity index (χ0v) is 31.4. The highest BCUT2D eigenvalue weighted by Crippen LogP contribution is 2.46. The van der Waals surface area contributed by atoms with Crippen molar-refractivity contribution in [1.29, 1.82) is 0 Å². The molecule has 0 aliphatic rings. The molecule has 0 amide bonds. The van der Waals surface area contributed by atoms with Gasteiger partial charge in [-0.1, -0.05) is 170 Å². The standard InChI is InChI=1S/C54H35NS/c1-2-17-41(18-3-1)55(51-34-33-43(45-19-6-7-20-46(45)51)40-28-27-36-13-4-5-14-39(36)35-40)42-31-29-37(30-32-42)44-22-10-15-38-16-11-23-48(53(38)44)50-25-12-24-49-47-21-8-9-26-52(47)56-54(49)50/h1-35H. The van der Waals surface area contributed by atoms with Crippen LogP contribution < -0.4 is 4.90 Å². The molecule has 0 atom stereocenters. The molecular formula is C54H35NS. The summed E-state index contributed by atoms with van der Waals surface area (Å²) in [6.07, 6.45) is 0. The van der Waals surface area contributed by atoms with Crippen molar-refractivity contribution in [1.82, 2.24) is 0 Å². The van der Waals surface area contributed by atoms with Crippen molar-refractivity contribution < 1.29 is 0 Å². The minimum Gasteiger partial charge on any atom is -0.310 e. The Labute approximate surface area is 330 Å². The summed E-state index contributed by atoms with van der Waals surface area (Å²) < 4.78 is 2.66. The van der Waals surface area contributed by atoms with Crippen molar-refractivity contribution in [3.63, 3.8) is 0 Å². The van der Waals surface area contributed by atoms with Gasteiger partial charge in [-0.05, 0) is 97.2 Å². The maximum absolute atomic E-state index is 2.40. The summed E-state index contributed by atoms with van der Waals surface area (Å²) in [7, 11) is 0. The summed E-state index contributed by atoms with van der Waals surface area (Å²) in [6.45, 7) is 0. The van der Waals surface area contributed by atoms with Crippen LogP contribution in [0.1, 0.15) is 0 Å². The third-order valence-corrected chi connectivity index (χ3v) is 12.5. The van der Waals surface area contributed by atoms with Gasteiger partial charge in [0, 0.05) is 42.5 Å². The van der Waals surface area contributed by atoms with E-state index in [2.05, 4.69) is 217 Å². The minimum atomic E-state index is 1.11. The van der Waals surface area contributed by atoms with Crippen LogP contribution >= 0.6 is 11.3 Å². The van der Waals surface area contributed by atoms with E-state index in [1.165, 1.54) is 85.9 Å². The fourth-order valence-corrected chi connectivity index (χ4v) is 9.88. The first-order chi connectivity index (χ1) is 27.8. The molecule has 0 spiro atoms. The number of nitrogens with zero attached hydrogens (tertiary/aromatic N) is 1. The number of rotatable bonds is 6. The molecule has 0 saturated carbocycles. The van der Waals surface area contributed by atoms with Gasteiger partial charge in [0.05, 0.1) is 5.69 Å². The van der Waals surface area contributed by atoms with E-state index in [0.29, 0.717) is 0 Å². The van der Waals surface area contributed by atoms with E-state index in [9.17, 15) is 0 Å². The average Bonchev–Trinajstić information content (AvgIpc) is 3.66. The first-order valence-corrected chi connectivity index (χ1v) is 20.0. The molecule has 10 aromatic carbocycles. The summed E-state index contributed by atoms with van der Waals surface area (Å²) in [5.41, 5.74) is 10.8. The number of para-hydroxylation sites is 1. The molecule has 0 radical (unpaired) electrons. The van der Waals surface area contributed by atoms with Crippen LogP contribution in [0, 0.1) is 0 Å². The molecule has 56 heavy (non-hydrogen) atoms. The SMILES string of the molecule is c1ccc(N(c2ccc(-c3cccc4cccc(-c5cccc6c5sc5ccccc56)c34)cc2)c2ccc(-c3ccc4ccccc4c3)c3ccccc23)cc1. The molecule has 0 bridgehead atoms. The van der Waals surface area contributed by atoms with Crippen LogP contribution in [-0.2, 0) is 0 Å². The Morgan fingerprint density at radius 2 is 0.929 bits per heavy atom. The second-order valence-corrected chi connectivity index (χ2v) is 15.5. The van der Waals surface area contributed by atoms with Gasteiger partial charge < -0.3 is 4.90 Å². The molecule has 0 N–H and O–H groups in total. The van der Waals surface area contributed by atoms with Crippen LogP contribution in [0.2, 0.25) is 0 Å². The van der Waals surface area contributed by atoms with Gasteiger partial charge in [-0.2, -0.15) is 0 Å². The predicted octanol–water partition coefficient (Wildman–Crippen LogP) is 16.0. The van der Waals surface area contributed by atoms with Crippen molar-refractivity contribution in [3.05, 3.63) is 212 Å². The summed E-state index contributed by atoms with van der Waals surface area (Å²) in [6, 6.07) is 77.6. The summed E-state index contributed by atoms with van der Waals surface area (Å²) in [4.78, 5) is 2.40. The van der Waals surface area contributed by atoms with Gasteiger partial charge >= 0.3 is 0 Å². The molecule has 1 nitrogen and oxygen atoms in total. The number of hydrogen-bond acceptors (Lipinski definition) is 2. The Bertz CT molecular complexity index is 3240. The lowest BCUT2D eigenvalue weighted by molar-refractivity contribution is 1.30. The number of hydrogen-bond donors (Lipinski definition) is 0. The van der Waals surface area contributed by atoms with Crippen LogP contribution in [0.4, 0.5) is 17.1 Å². The number of benzene rings is 10. The Morgan fingerprint density at radius 1 is 0.321 bits per heavy atom. The van der Waals surface area contributed by atoms with Crippen molar-refractivity contribution in [2.45, 2.75) is 0 Å². The lowest BCUT2D eigenvalue weighted by Crippen LogP contribution is -2.10. The van der Waals surface area contributed by atoms with Crippen LogP contribution in [0.25, 0.3) is 85.9 Å². The van der Waals surface area contributed by atoms with Crippen LogP contribution in [0.15, 0.2) is 212 Å². The summed E-state index contributed by atoms with van der Waals surface area (Å²) in [5, 5.41) is 10.1. The highest BCUT2D eigenvalue weighted by Gasteiger charge is 2.19. The summed E-state index contributed by atoms with van der Waals surface area (Å²) >= 11 is 1.89. The molecule has 1 aromatic heterocycles. The van der Waals surface area contributed by atoms with Gasteiger partial charge in [-0.25, -0.2) is 0 Å². The van der Waals surface area contributed by atoms with E-state index in [1.807, 2.05) is 11.3 Å². The van der Waals surface area contributed by atoms with E-state index in [0.717, 1.165) is 17.1 Å². The Kier molecular flexibility index (Phi) is 7.75. The second-order valence-electron chi connectivity index (χ2n) is 14.4. The van der Waals surface area contributed by atoms with Crippen molar-refractivity contribution in [3.8, 4) is 33.4 Å². The first kappa shape index (κ1) is 32.4. The molecule has 11 aromatic rings. The fraction of sp³-hybridized carbons (Fsp3) is 0. The Balaban J connectivity index is 1.05. The average molecular weight is 730 g/mol. The van der Waals surface area contributed by atoms with E-state index in [1.54, 1.807) is 0 Å². The van der Waals surface area contributed by atoms with Gasteiger partial charge in [0.25, 0.3) is 0 Å². The molecule has 2 heteroatoms. The minimum absolute atomic E-state index is 1.11. The molecule has 1 heterocycles. The second kappa shape index (κ2) is 13.4. The third-order valence-electron chi connectivity index (χ3n) is 11.3. The number of anilines is 3. The highest BCUT2D eigenvalue weighted by molar-refractivity contribution is 7.26. The zero-order valence-electron chi connectivity index (χ0n) is 30.6. The predicted molar refractivity (Wildman–Crippen MR) is 243 cm³/mol. The van der Waals surface area contributed by atoms with Gasteiger partial charge in [0.1, 0.15) is 0 Å². The number of fused-ring (bicyclic) bond motifs is 6. The first-order valence-electron chi connectivity index (χ1n) is 19.2. The third kappa shape index (κ3) is 5.38. The number of thiophene rings is 1. The molecule has 0 fully saturated rings. The fourth-order valence-electron chi connectivity index (χ4n) is 8.65. The van der Waals surface area contributed by atoms with E-state index in [-0.39, 0.29) is 0 Å². The molecule has 11 rings (SSSR count). The van der Waals surface area contributed by atoms with E-state index < -0.39 is 0 Å². The zero-order chi connectivity index (χ0) is 37.0. The van der Waals surface area contributed by atoms with Crippen molar-refractivity contribution in [2.75, 3.05) is 4.90 Å². The van der Waals surface area contributed by atoms with Crippen LogP contribution in [0.3, 0.4) is 0 Å². The lowest BCUT2D eigenvalue weighted by atomic mass is 9.91. The van der Waals surface area contributed by atoms with Crippen LogP contribution in [-0.4, -0.2) is 0 Å². The monoisotopic (exact) mass is 729 g/mol. The largest absolute Gasteiger partial charge is 0.310 e. The van der Waals surface area contributed by atoms with Gasteiger partial charge in [-0.15, -0.1) is 11.3 Å². The molecule has 262 valence electrons. The van der Waals surface area contributed by atoms with Gasteiger partial charge in [-0.3, -0.25) is 0 Å². The summed E-state index contributed by atoms with van der Waals surface area (Å²) in [5.74, 6) is 0. The Morgan fingerprint density at radius 3 is 1.77 bits per heavy atom. The normalized spacial score (nSPS) is 11.6. The molecule has 0 aliphatic carbocycles. The molecule has 0 saturated heterocycles. The van der Waals surface area contributed by atoms with E-state index >= 15 is 0 Å². The Hall–Kier alpha value is -7.00. The molecular weight excluding hydrogens is 695 g/mol.